The highest BCUT2D eigenvalue weighted by Crippen LogP contribution is 2.38. The van der Waals surface area contributed by atoms with Gasteiger partial charge >= 0.3 is 0 Å². The fraction of sp³-hybridized carbons (Fsp3) is 0.500. The van der Waals surface area contributed by atoms with Crippen molar-refractivity contribution in [3.63, 3.8) is 0 Å². The highest BCUT2D eigenvalue weighted by Gasteiger charge is 2.28. The van der Waals surface area contributed by atoms with Gasteiger partial charge in [-0.25, -0.2) is 13.1 Å². The van der Waals surface area contributed by atoms with Gasteiger partial charge in [-0.15, -0.1) is 0 Å². The summed E-state index contributed by atoms with van der Waals surface area (Å²) in [5, 5.41) is 1.20. The molecular formula is C24H32Cl2N2O5S. The smallest absolute Gasteiger partial charge is 0.240 e. The van der Waals surface area contributed by atoms with Gasteiger partial charge < -0.3 is 19.1 Å². The third-order valence-corrected chi connectivity index (χ3v) is 7.56. The predicted octanol–water partition coefficient (Wildman–Crippen LogP) is 3.92. The van der Waals surface area contributed by atoms with Crippen molar-refractivity contribution in [2.45, 2.75) is 24.3 Å². The predicted molar refractivity (Wildman–Crippen MR) is 134 cm³/mol. The van der Waals surface area contributed by atoms with Gasteiger partial charge in [0.25, 0.3) is 0 Å². The highest BCUT2D eigenvalue weighted by molar-refractivity contribution is 7.89. The molecule has 2 aromatic carbocycles. The number of sulfonamides is 1. The number of halogens is 2. The van der Waals surface area contributed by atoms with Crippen LogP contribution >= 0.6 is 23.2 Å². The van der Waals surface area contributed by atoms with Gasteiger partial charge in [-0.2, -0.15) is 0 Å². The Morgan fingerprint density at radius 2 is 1.74 bits per heavy atom. The number of benzene rings is 2. The molecule has 3 rings (SSSR count). The number of nitrogens with one attached hydrogen (secondary N) is 1. The molecule has 0 aliphatic carbocycles. The maximum Gasteiger partial charge on any atom is 0.240 e. The molecule has 34 heavy (non-hydrogen) atoms. The van der Waals surface area contributed by atoms with E-state index in [9.17, 15) is 8.42 Å². The van der Waals surface area contributed by atoms with Crippen molar-refractivity contribution in [3.05, 3.63) is 63.1 Å². The molecule has 1 aliphatic heterocycles. The molecule has 7 nitrogen and oxygen atoms in total. The minimum Gasteiger partial charge on any atom is -0.379 e. The van der Waals surface area contributed by atoms with Crippen LogP contribution < -0.4 is 4.72 Å². The molecule has 1 N–H and O–H groups in total. The molecule has 1 aliphatic rings. The minimum absolute atomic E-state index is 0.0360. The van der Waals surface area contributed by atoms with E-state index in [0.717, 1.165) is 29.8 Å². The maximum atomic E-state index is 12.9. The first-order valence-corrected chi connectivity index (χ1v) is 13.5. The third kappa shape index (κ3) is 7.63. The molecule has 1 atom stereocenters. The Labute approximate surface area is 212 Å². The van der Waals surface area contributed by atoms with Crippen molar-refractivity contribution in [2.75, 3.05) is 59.8 Å². The lowest BCUT2D eigenvalue weighted by Crippen LogP contribution is -2.31. The van der Waals surface area contributed by atoms with Crippen LogP contribution in [0.25, 0.3) is 0 Å². The number of ether oxygens (including phenoxy) is 3. The average molecular weight is 532 g/mol. The zero-order valence-electron chi connectivity index (χ0n) is 19.6. The summed E-state index contributed by atoms with van der Waals surface area (Å²) in [4.78, 5) is 2.39. The molecular weight excluding hydrogens is 499 g/mol. The fourth-order valence-corrected chi connectivity index (χ4v) is 5.58. The first-order chi connectivity index (χ1) is 16.3. The summed E-state index contributed by atoms with van der Waals surface area (Å²) < 4.78 is 44.3. The van der Waals surface area contributed by atoms with Crippen LogP contribution in [-0.2, 0) is 30.8 Å². The molecule has 0 aromatic heterocycles. The Kier molecular flexibility index (Phi) is 10.6. The van der Waals surface area contributed by atoms with Crippen LogP contribution in [0, 0.1) is 0 Å². The van der Waals surface area contributed by atoms with Crippen LogP contribution in [-0.4, -0.2) is 73.1 Å². The van der Waals surface area contributed by atoms with Gasteiger partial charge in [-0.3, -0.25) is 0 Å². The molecule has 0 radical (unpaired) electrons. The Bertz CT molecular complexity index is 1050. The highest BCUT2D eigenvalue weighted by atomic mass is 35.5. The molecule has 0 fully saturated rings. The van der Waals surface area contributed by atoms with Crippen molar-refractivity contribution in [1.29, 1.82) is 0 Å². The zero-order valence-corrected chi connectivity index (χ0v) is 21.9. The van der Waals surface area contributed by atoms with Crippen molar-refractivity contribution >= 4 is 33.2 Å². The molecule has 2 aromatic rings. The molecule has 0 saturated carbocycles. The second-order valence-electron chi connectivity index (χ2n) is 8.10. The molecule has 188 valence electrons. The number of likely N-dealkylation sites (N-methyl/N-ethyl adjacent to an activating group) is 1. The topological polar surface area (TPSA) is 77.1 Å². The van der Waals surface area contributed by atoms with Crippen LogP contribution in [0.15, 0.2) is 41.3 Å². The van der Waals surface area contributed by atoms with E-state index in [1.807, 2.05) is 26.1 Å². The lowest BCUT2D eigenvalue weighted by atomic mass is 9.85. The number of nitrogens with zero attached hydrogens (tertiary/aromatic N) is 1. The summed E-state index contributed by atoms with van der Waals surface area (Å²) >= 11 is 12.7. The van der Waals surface area contributed by atoms with E-state index in [4.69, 9.17) is 37.4 Å². The molecule has 0 spiro atoms. The van der Waals surface area contributed by atoms with Crippen LogP contribution in [0.3, 0.4) is 0 Å². The lowest BCUT2D eigenvalue weighted by Gasteiger charge is -2.33. The van der Waals surface area contributed by atoms with Crippen molar-refractivity contribution in [2.24, 2.45) is 0 Å². The van der Waals surface area contributed by atoms with Crippen LogP contribution in [0.4, 0.5) is 0 Å². The maximum absolute atomic E-state index is 12.9. The van der Waals surface area contributed by atoms with Crippen molar-refractivity contribution < 1.29 is 22.6 Å². The van der Waals surface area contributed by atoms with E-state index in [0.29, 0.717) is 43.1 Å². The SMILES string of the molecule is CCOCCOCCOCCNS(=O)(=O)c1cccc(C2CN(C)Cc3c(Cl)cc(Cl)cc32)c1. The van der Waals surface area contributed by atoms with Crippen LogP contribution in [0.5, 0.6) is 0 Å². The summed E-state index contributed by atoms with van der Waals surface area (Å²) in [6.07, 6.45) is 0. The van der Waals surface area contributed by atoms with Gasteiger partial charge in [0.1, 0.15) is 0 Å². The van der Waals surface area contributed by atoms with Gasteiger partial charge in [0, 0.05) is 42.2 Å². The molecule has 1 heterocycles. The second-order valence-corrected chi connectivity index (χ2v) is 10.7. The summed E-state index contributed by atoms with van der Waals surface area (Å²) in [7, 11) is -1.66. The first kappa shape index (κ1) is 27.4. The Balaban J connectivity index is 1.59. The van der Waals surface area contributed by atoms with E-state index in [-0.39, 0.29) is 24.0 Å². The molecule has 10 heteroatoms. The normalized spacial score (nSPS) is 16.5. The van der Waals surface area contributed by atoms with Gasteiger partial charge in [-0.1, -0.05) is 35.3 Å². The van der Waals surface area contributed by atoms with Gasteiger partial charge in [0.2, 0.25) is 10.0 Å². The van der Waals surface area contributed by atoms with E-state index in [1.165, 1.54) is 0 Å². The number of rotatable bonds is 13. The van der Waals surface area contributed by atoms with E-state index in [1.54, 1.807) is 24.3 Å². The average Bonchev–Trinajstić information content (AvgIpc) is 2.80. The Morgan fingerprint density at radius 3 is 2.47 bits per heavy atom. The monoisotopic (exact) mass is 530 g/mol. The quantitative estimate of drug-likeness (QED) is 0.395. The minimum atomic E-state index is -3.68. The summed E-state index contributed by atoms with van der Waals surface area (Å²) in [5.41, 5.74) is 2.96. The zero-order chi connectivity index (χ0) is 24.6. The van der Waals surface area contributed by atoms with Gasteiger partial charge in [0.05, 0.1) is 37.9 Å². The van der Waals surface area contributed by atoms with E-state index < -0.39 is 10.0 Å². The summed E-state index contributed by atoms with van der Waals surface area (Å²) in [5.74, 6) is -0.0360. The summed E-state index contributed by atoms with van der Waals surface area (Å²) in [6, 6.07) is 10.7. The lowest BCUT2D eigenvalue weighted by molar-refractivity contribution is 0.0181. The third-order valence-electron chi connectivity index (χ3n) is 5.55. The molecule has 0 saturated heterocycles. The number of hydrogen-bond donors (Lipinski definition) is 1. The Hall–Kier alpha value is -1.23. The van der Waals surface area contributed by atoms with Crippen molar-refractivity contribution in [1.82, 2.24) is 9.62 Å². The van der Waals surface area contributed by atoms with Crippen LogP contribution in [0.2, 0.25) is 10.0 Å². The fourth-order valence-electron chi connectivity index (χ4n) is 3.94. The van der Waals surface area contributed by atoms with Gasteiger partial charge in [0.15, 0.2) is 0 Å². The summed E-state index contributed by atoms with van der Waals surface area (Å²) in [6.45, 7) is 6.38. The van der Waals surface area contributed by atoms with Gasteiger partial charge in [-0.05, 0) is 54.9 Å². The largest absolute Gasteiger partial charge is 0.379 e. The second kappa shape index (κ2) is 13.2. The molecule has 1 unspecified atom stereocenters. The molecule has 0 amide bonds. The Morgan fingerprint density at radius 1 is 1.03 bits per heavy atom. The number of hydrogen-bond acceptors (Lipinski definition) is 6. The van der Waals surface area contributed by atoms with Crippen molar-refractivity contribution in [3.8, 4) is 0 Å². The standard InChI is InChI=1S/C24H32Cl2N2O5S/c1-3-31-9-10-33-12-11-32-8-7-27-34(29,30)20-6-4-5-18(13-20)22-16-28(2)17-23-21(22)14-19(25)15-24(23)26/h4-6,13-15,22,27H,3,7-12,16-17H2,1-2H3. The van der Waals surface area contributed by atoms with E-state index in [2.05, 4.69) is 9.62 Å². The van der Waals surface area contributed by atoms with Crippen LogP contribution in [0.1, 0.15) is 29.5 Å². The first-order valence-electron chi connectivity index (χ1n) is 11.3. The molecule has 0 bridgehead atoms. The number of fused-ring (bicyclic) bond motifs is 1. The van der Waals surface area contributed by atoms with E-state index >= 15 is 0 Å².